The molecule has 1 unspecified atom stereocenters. The zero-order valence-corrected chi connectivity index (χ0v) is 16.4. The molecule has 0 aliphatic carbocycles. The Kier molecular flexibility index (Phi) is 4.94. The molecular formula is C22H21ClN3O2. The van der Waals surface area contributed by atoms with E-state index in [4.69, 9.17) is 11.6 Å². The van der Waals surface area contributed by atoms with Crippen LogP contribution in [0, 0.1) is 11.8 Å². The SMILES string of the molecule is CN1N=C2CCN(C(=O)[CH]c3ccc(Cl)cc3)CC2(Cc2ccccc2)C1=O. The van der Waals surface area contributed by atoms with Gasteiger partial charge < -0.3 is 4.90 Å². The Morgan fingerprint density at radius 2 is 1.89 bits per heavy atom. The van der Waals surface area contributed by atoms with Gasteiger partial charge in [-0.3, -0.25) is 9.59 Å². The van der Waals surface area contributed by atoms with E-state index in [0.29, 0.717) is 31.0 Å². The predicted octanol–water partition coefficient (Wildman–Crippen LogP) is 3.18. The Morgan fingerprint density at radius 1 is 1.18 bits per heavy atom. The normalized spacial score (nSPS) is 21.5. The average molecular weight is 395 g/mol. The molecule has 2 aliphatic rings. The van der Waals surface area contributed by atoms with Crippen LogP contribution in [0.15, 0.2) is 59.7 Å². The molecule has 6 heteroatoms. The molecule has 1 saturated heterocycles. The van der Waals surface area contributed by atoms with Crippen molar-refractivity contribution >= 4 is 29.1 Å². The van der Waals surface area contributed by atoms with Crippen molar-refractivity contribution in [2.24, 2.45) is 10.5 Å². The smallest absolute Gasteiger partial charge is 0.256 e. The lowest BCUT2D eigenvalue weighted by atomic mass is 9.73. The van der Waals surface area contributed by atoms with E-state index in [1.807, 2.05) is 42.5 Å². The van der Waals surface area contributed by atoms with Crippen molar-refractivity contribution in [3.05, 3.63) is 77.2 Å². The summed E-state index contributed by atoms with van der Waals surface area (Å²) in [5, 5.41) is 6.54. The van der Waals surface area contributed by atoms with Crippen molar-refractivity contribution in [3.63, 3.8) is 0 Å². The van der Waals surface area contributed by atoms with Gasteiger partial charge in [0, 0.05) is 31.6 Å². The zero-order chi connectivity index (χ0) is 19.7. The second kappa shape index (κ2) is 7.40. The second-order valence-corrected chi connectivity index (χ2v) is 7.76. The van der Waals surface area contributed by atoms with Crippen LogP contribution in [0.25, 0.3) is 0 Å². The van der Waals surface area contributed by atoms with Gasteiger partial charge in [-0.25, -0.2) is 5.01 Å². The third kappa shape index (κ3) is 3.42. The molecule has 0 saturated carbocycles. The minimum absolute atomic E-state index is 0.0460. The molecular weight excluding hydrogens is 374 g/mol. The van der Waals surface area contributed by atoms with Gasteiger partial charge in [0.25, 0.3) is 5.91 Å². The first kappa shape index (κ1) is 18.7. The molecule has 1 radical (unpaired) electrons. The first-order valence-corrected chi connectivity index (χ1v) is 9.65. The molecule has 2 aliphatic heterocycles. The minimum atomic E-state index is -0.780. The molecule has 2 aromatic carbocycles. The maximum Gasteiger partial charge on any atom is 0.256 e. The molecule has 0 aromatic heterocycles. The van der Waals surface area contributed by atoms with Gasteiger partial charge in [-0.15, -0.1) is 0 Å². The molecule has 1 fully saturated rings. The number of nitrogens with zero attached hydrogens (tertiary/aromatic N) is 3. The number of carbonyl (C=O) groups excluding carboxylic acids is 2. The third-order valence-corrected chi connectivity index (χ3v) is 5.68. The predicted molar refractivity (Wildman–Crippen MR) is 109 cm³/mol. The maximum atomic E-state index is 13.1. The van der Waals surface area contributed by atoms with E-state index in [1.165, 1.54) is 5.01 Å². The lowest BCUT2D eigenvalue weighted by molar-refractivity contribution is -0.138. The highest BCUT2D eigenvalue weighted by atomic mass is 35.5. The first-order valence-electron chi connectivity index (χ1n) is 9.27. The van der Waals surface area contributed by atoms with E-state index in [-0.39, 0.29) is 11.8 Å². The van der Waals surface area contributed by atoms with Gasteiger partial charge in [0.15, 0.2) is 0 Å². The Balaban J connectivity index is 1.57. The topological polar surface area (TPSA) is 53.0 Å². The zero-order valence-electron chi connectivity index (χ0n) is 15.6. The number of hydrazone groups is 1. The number of halogens is 1. The highest BCUT2D eigenvalue weighted by Crippen LogP contribution is 2.38. The number of likely N-dealkylation sites (tertiary alicyclic amines) is 1. The highest BCUT2D eigenvalue weighted by molar-refractivity contribution is 6.30. The van der Waals surface area contributed by atoms with Crippen LogP contribution >= 0.6 is 11.6 Å². The monoisotopic (exact) mass is 394 g/mol. The van der Waals surface area contributed by atoms with Crippen molar-refractivity contribution < 1.29 is 9.59 Å². The number of amides is 2. The fraction of sp³-hybridized carbons (Fsp3) is 0.273. The van der Waals surface area contributed by atoms with Gasteiger partial charge in [0.05, 0.1) is 12.1 Å². The molecule has 4 rings (SSSR count). The van der Waals surface area contributed by atoms with Gasteiger partial charge in [0.1, 0.15) is 5.41 Å². The lowest BCUT2D eigenvalue weighted by Crippen LogP contribution is -2.55. The molecule has 2 amide bonds. The fourth-order valence-electron chi connectivity index (χ4n) is 4.01. The molecule has 5 nitrogen and oxygen atoms in total. The summed E-state index contributed by atoms with van der Waals surface area (Å²) in [5.74, 6) is -0.147. The van der Waals surface area contributed by atoms with E-state index in [9.17, 15) is 9.59 Å². The molecule has 2 heterocycles. The van der Waals surface area contributed by atoms with E-state index in [1.54, 1.807) is 30.5 Å². The van der Waals surface area contributed by atoms with Gasteiger partial charge in [0.2, 0.25) is 5.91 Å². The number of benzene rings is 2. The highest BCUT2D eigenvalue weighted by Gasteiger charge is 2.53. The number of rotatable bonds is 4. The average Bonchev–Trinajstić information content (AvgIpc) is 2.94. The number of fused-ring (bicyclic) bond motifs is 1. The van der Waals surface area contributed by atoms with Crippen molar-refractivity contribution in [2.45, 2.75) is 12.8 Å². The summed E-state index contributed by atoms with van der Waals surface area (Å²) in [4.78, 5) is 27.7. The van der Waals surface area contributed by atoms with Crippen LogP contribution in [0.3, 0.4) is 0 Å². The summed E-state index contributed by atoms with van der Waals surface area (Å²) in [7, 11) is 1.69. The van der Waals surface area contributed by atoms with E-state index in [0.717, 1.165) is 16.8 Å². The van der Waals surface area contributed by atoms with Crippen LogP contribution in [-0.2, 0) is 16.0 Å². The number of carbonyl (C=O) groups is 2. The Labute approximate surface area is 169 Å². The summed E-state index contributed by atoms with van der Waals surface area (Å²) in [6.45, 7) is 0.895. The standard InChI is InChI=1S/C22H21ClN3O2/c1-25-21(28)22(14-17-5-3-2-4-6-17)15-26(12-11-19(22)24-25)20(27)13-16-7-9-18(23)10-8-16/h2-10,13H,11-12,14-15H2,1H3. The van der Waals surface area contributed by atoms with E-state index in [2.05, 4.69) is 5.10 Å². The lowest BCUT2D eigenvalue weighted by Gasteiger charge is -2.39. The molecule has 1 atom stereocenters. The molecule has 0 N–H and O–H groups in total. The van der Waals surface area contributed by atoms with Crippen molar-refractivity contribution in [3.8, 4) is 0 Å². The van der Waals surface area contributed by atoms with Crippen LogP contribution in [0.5, 0.6) is 0 Å². The summed E-state index contributed by atoms with van der Waals surface area (Å²) < 4.78 is 0. The summed E-state index contributed by atoms with van der Waals surface area (Å²) in [6, 6.07) is 17.0. The summed E-state index contributed by atoms with van der Waals surface area (Å²) in [5.41, 5.74) is 1.95. The third-order valence-electron chi connectivity index (χ3n) is 5.43. The number of hydrogen-bond donors (Lipinski definition) is 0. The number of piperidine rings is 1. The fourth-order valence-corrected chi connectivity index (χ4v) is 4.13. The van der Waals surface area contributed by atoms with Crippen LogP contribution in [-0.4, -0.2) is 47.6 Å². The van der Waals surface area contributed by atoms with Crippen LogP contribution in [0.1, 0.15) is 17.5 Å². The first-order chi connectivity index (χ1) is 13.5. The van der Waals surface area contributed by atoms with Crippen LogP contribution in [0.4, 0.5) is 0 Å². The Bertz CT molecular complexity index is 927. The summed E-state index contributed by atoms with van der Waals surface area (Å²) in [6.07, 6.45) is 2.74. The Hall–Kier alpha value is -2.66. The van der Waals surface area contributed by atoms with Crippen molar-refractivity contribution in [2.75, 3.05) is 20.1 Å². The van der Waals surface area contributed by atoms with E-state index < -0.39 is 5.41 Å². The molecule has 28 heavy (non-hydrogen) atoms. The largest absolute Gasteiger partial charge is 0.340 e. The van der Waals surface area contributed by atoms with Crippen molar-refractivity contribution in [1.82, 2.24) is 9.91 Å². The van der Waals surface area contributed by atoms with Crippen LogP contribution in [0.2, 0.25) is 5.02 Å². The second-order valence-electron chi connectivity index (χ2n) is 7.33. The maximum absolute atomic E-state index is 13.1. The minimum Gasteiger partial charge on any atom is -0.340 e. The van der Waals surface area contributed by atoms with Gasteiger partial charge >= 0.3 is 0 Å². The number of hydrogen-bond acceptors (Lipinski definition) is 3. The van der Waals surface area contributed by atoms with Gasteiger partial charge in [-0.2, -0.15) is 5.10 Å². The van der Waals surface area contributed by atoms with Gasteiger partial charge in [-0.1, -0.05) is 54.1 Å². The summed E-state index contributed by atoms with van der Waals surface area (Å²) >= 11 is 5.92. The molecule has 0 bridgehead atoms. The molecule has 143 valence electrons. The van der Waals surface area contributed by atoms with Gasteiger partial charge in [-0.05, 0) is 29.7 Å². The van der Waals surface area contributed by atoms with Crippen LogP contribution < -0.4 is 0 Å². The molecule has 0 spiro atoms. The Morgan fingerprint density at radius 3 is 2.61 bits per heavy atom. The van der Waals surface area contributed by atoms with E-state index >= 15 is 0 Å². The van der Waals surface area contributed by atoms with Crippen molar-refractivity contribution in [1.29, 1.82) is 0 Å². The quantitative estimate of drug-likeness (QED) is 0.799. The molecule has 2 aromatic rings.